The van der Waals surface area contributed by atoms with Crippen molar-refractivity contribution >= 4 is 5.91 Å². The van der Waals surface area contributed by atoms with E-state index in [9.17, 15) is 4.79 Å². The van der Waals surface area contributed by atoms with Crippen LogP contribution in [-0.2, 0) is 17.8 Å². The molecule has 0 spiro atoms. The van der Waals surface area contributed by atoms with E-state index >= 15 is 0 Å². The molecule has 0 radical (unpaired) electrons. The van der Waals surface area contributed by atoms with Crippen LogP contribution < -0.4 is 14.8 Å². The maximum absolute atomic E-state index is 12.3. The Kier molecular flexibility index (Phi) is 5.04. The molecule has 1 aliphatic carbocycles. The first kappa shape index (κ1) is 16.4. The van der Waals surface area contributed by atoms with E-state index in [1.807, 2.05) is 42.5 Å². The maximum Gasteiger partial charge on any atom is 0.220 e. The summed E-state index contributed by atoms with van der Waals surface area (Å²) in [6.45, 7) is 0.575. The molecule has 3 rings (SSSR count). The van der Waals surface area contributed by atoms with Crippen molar-refractivity contribution in [3.05, 3.63) is 59.2 Å². The lowest BCUT2D eigenvalue weighted by atomic mass is 9.97. The number of nitrogens with one attached hydrogen (secondary N) is 1. The predicted octanol–water partition coefficient (Wildman–Crippen LogP) is 3.44. The molecule has 24 heavy (non-hydrogen) atoms. The zero-order valence-corrected chi connectivity index (χ0v) is 14.2. The number of carbonyl (C=O) groups is 1. The van der Waals surface area contributed by atoms with Crippen LogP contribution in [0, 0.1) is 0 Å². The summed E-state index contributed by atoms with van der Waals surface area (Å²) >= 11 is 0. The molecule has 0 aliphatic heterocycles. The van der Waals surface area contributed by atoms with Crippen LogP contribution in [0.4, 0.5) is 0 Å². The Hall–Kier alpha value is -2.49. The minimum Gasteiger partial charge on any atom is -0.493 e. The topological polar surface area (TPSA) is 47.6 Å². The van der Waals surface area contributed by atoms with Crippen molar-refractivity contribution in [1.29, 1.82) is 0 Å². The van der Waals surface area contributed by atoms with Gasteiger partial charge in [0.1, 0.15) is 0 Å². The van der Waals surface area contributed by atoms with Gasteiger partial charge in [-0.15, -0.1) is 0 Å². The van der Waals surface area contributed by atoms with Crippen LogP contribution in [0.1, 0.15) is 35.4 Å². The molecule has 4 nitrogen and oxygen atoms in total. The van der Waals surface area contributed by atoms with Crippen molar-refractivity contribution in [2.45, 2.75) is 31.7 Å². The molecule has 1 amide bonds. The highest BCUT2D eigenvalue weighted by Crippen LogP contribution is 2.41. The van der Waals surface area contributed by atoms with Gasteiger partial charge in [0.2, 0.25) is 5.91 Å². The van der Waals surface area contributed by atoms with Crippen LogP contribution >= 0.6 is 0 Å². The van der Waals surface area contributed by atoms with E-state index in [2.05, 4.69) is 5.32 Å². The van der Waals surface area contributed by atoms with Crippen LogP contribution in [0.5, 0.6) is 11.5 Å². The molecule has 0 saturated carbocycles. The number of rotatable bonds is 6. The van der Waals surface area contributed by atoms with Crippen molar-refractivity contribution in [3.8, 4) is 11.5 Å². The zero-order valence-electron chi connectivity index (χ0n) is 14.2. The molecule has 0 fully saturated rings. The highest BCUT2D eigenvalue weighted by atomic mass is 16.5. The lowest BCUT2D eigenvalue weighted by Gasteiger charge is -2.14. The van der Waals surface area contributed by atoms with Gasteiger partial charge in [0, 0.05) is 13.0 Å². The van der Waals surface area contributed by atoms with Gasteiger partial charge in [-0.1, -0.05) is 30.3 Å². The lowest BCUT2D eigenvalue weighted by Crippen LogP contribution is -2.24. The van der Waals surface area contributed by atoms with Gasteiger partial charge in [-0.3, -0.25) is 4.79 Å². The standard InChI is InChI=1S/C20H23NO3/c1-23-18-10-15-8-9-16(17(15)12-19(18)24-2)11-20(22)21-13-14-6-4-3-5-7-14/h3-7,10,12,16H,8-9,11,13H2,1-2H3,(H,21,22). The van der Waals surface area contributed by atoms with E-state index in [0.29, 0.717) is 13.0 Å². The number of hydrogen-bond acceptors (Lipinski definition) is 3. The molecule has 1 atom stereocenters. The van der Waals surface area contributed by atoms with Crippen molar-refractivity contribution in [2.75, 3.05) is 14.2 Å². The maximum atomic E-state index is 12.3. The molecule has 0 saturated heterocycles. The first-order valence-corrected chi connectivity index (χ1v) is 8.26. The van der Waals surface area contributed by atoms with Gasteiger partial charge < -0.3 is 14.8 Å². The quantitative estimate of drug-likeness (QED) is 0.885. The molecule has 2 aromatic carbocycles. The van der Waals surface area contributed by atoms with E-state index < -0.39 is 0 Å². The van der Waals surface area contributed by atoms with E-state index in [0.717, 1.165) is 29.9 Å². The van der Waals surface area contributed by atoms with Crippen LogP contribution in [0.15, 0.2) is 42.5 Å². The third-order valence-electron chi connectivity index (χ3n) is 4.61. The third kappa shape index (κ3) is 3.53. The van der Waals surface area contributed by atoms with Crippen molar-refractivity contribution in [2.24, 2.45) is 0 Å². The molecule has 0 aromatic heterocycles. The minimum atomic E-state index is 0.0893. The first-order valence-electron chi connectivity index (χ1n) is 8.26. The summed E-state index contributed by atoms with van der Waals surface area (Å²) in [4.78, 5) is 12.3. The Balaban J connectivity index is 1.64. The molecule has 126 valence electrons. The van der Waals surface area contributed by atoms with Gasteiger partial charge in [-0.05, 0) is 47.6 Å². The normalized spacial score (nSPS) is 15.7. The van der Waals surface area contributed by atoms with E-state index in [4.69, 9.17) is 9.47 Å². The monoisotopic (exact) mass is 325 g/mol. The van der Waals surface area contributed by atoms with E-state index in [1.165, 1.54) is 11.1 Å². The third-order valence-corrected chi connectivity index (χ3v) is 4.61. The Morgan fingerprint density at radius 1 is 1.12 bits per heavy atom. The molecule has 1 unspecified atom stereocenters. The fraction of sp³-hybridized carbons (Fsp3) is 0.350. The average Bonchev–Trinajstić information content (AvgIpc) is 3.01. The Labute approximate surface area is 142 Å². The summed E-state index contributed by atoms with van der Waals surface area (Å²) in [5, 5.41) is 3.01. The first-order chi connectivity index (χ1) is 11.7. The van der Waals surface area contributed by atoms with Gasteiger partial charge in [-0.25, -0.2) is 0 Å². The Bertz CT molecular complexity index is 712. The number of fused-ring (bicyclic) bond motifs is 1. The molecular formula is C20H23NO3. The zero-order chi connectivity index (χ0) is 16.9. The number of benzene rings is 2. The summed E-state index contributed by atoms with van der Waals surface area (Å²) in [5.74, 6) is 1.82. The summed E-state index contributed by atoms with van der Waals surface area (Å²) in [5.41, 5.74) is 3.58. The van der Waals surface area contributed by atoms with E-state index in [1.54, 1.807) is 14.2 Å². The molecule has 1 N–H and O–H groups in total. The van der Waals surface area contributed by atoms with Crippen LogP contribution in [-0.4, -0.2) is 20.1 Å². The van der Waals surface area contributed by atoms with Gasteiger partial charge in [0.25, 0.3) is 0 Å². The SMILES string of the molecule is COc1cc2c(cc1OC)C(CC(=O)NCc1ccccc1)CC2. The summed E-state index contributed by atoms with van der Waals surface area (Å²) in [6, 6.07) is 14.0. The van der Waals surface area contributed by atoms with E-state index in [-0.39, 0.29) is 11.8 Å². The molecule has 0 bridgehead atoms. The second kappa shape index (κ2) is 7.39. The molecular weight excluding hydrogens is 302 g/mol. The number of ether oxygens (including phenoxy) is 2. The fourth-order valence-electron chi connectivity index (χ4n) is 3.32. The van der Waals surface area contributed by atoms with Crippen molar-refractivity contribution in [3.63, 3.8) is 0 Å². The summed E-state index contributed by atoms with van der Waals surface area (Å²) in [7, 11) is 3.29. The summed E-state index contributed by atoms with van der Waals surface area (Å²) < 4.78 is 10.8. The van der Waals surface area contributed by atoms with Gasteiger partial charge in [-0.2, -0.15) is 0 Å². The molecule has 1 aliphatic rings. The number of carbonyl (C=O) groups excluding carboxylic acids is 1. The highest BCUT2D eigenvalue weighted by Gasteiger charge is 2.26. The minimum absolute atomic E-state index is 0.0893. The van der Waals surface area contributed by atoms with Crippen LogP contribution in [0.3, 0.4) is 0 Å². The van der Waals surface area contributed by atoms with Crippen LogP contribution in [0.25, 0.3) is 0 Å². The predicted molar refractivity (Wildman–Crippen MR) is 93.5 cm³/mol. The Morgan fingerprint density at radius 3 is 2.54 bits per heavy atom. The number of hydrogen-bond donors (Lipinski definition) is 1. The van der Waals surface area contributed by atoms with Crippen molar-refractivity contribution in [1.82, 2.24) is 5.32 Å². The number of aryl methyl sites for hydroxylation is 1. The largest absolute Gasteiger partial charge is 0.493 e. The molecule has 4 heteroatoms. The van der Waals surface area contributed by atoms with Crippen molar-refractivity contribution < 1.29 is 14.3 Å². The molecule has 0 heterocycles. The number of amides is 1. The second-order valence-corrected chi connectivity index (χ2v) is 6.11. The Morgan fingerprint density at radius 2 is 1.83 bits per heavy atom. The van der Waals surface area contributed by atoms with Gasteiger partial charge in [0.15, 0.2) is 11.5 Å². The lowest BCUT2D eigenvalue weighted by molar-refractivity contribution is -0.121. The highest BCUT2D eigenvalue weighted by molar-refractivity contribution is 5.77. The second-order valence-electron chi connectivity index (χ2n) is 6.11. The van der Waals surface area contributed by atoms with Gasteiger partial charge >= 0.3 is 0 Å². The van der Waals surface area contributed by atoms with Gasteiger partial charge in [0.05, 0.1) is 14.2 Å². The molecule has 2 aromatic rings. The van der Waals surface area contributed by atoms with Crippen LogP contribution in [0.2, 0.25) is 0 Å². The average molecular weight is 325 g/mol. The number of methoxy groups -OCH3 is 2. The fourth-order valence-corrected chi connectivity index (χ4v) is 3.32. The summed E-state index contributed by atoms with van der Waals surface area (Å²) in [6.07, 6.45) is 2.48. The smallest absolute Gasteiger partial charge is 0.220 e.